The molecule has 0 bridgehead atoms. The summed E-state index contributed by atoms with van der Waals surface area (Å²) in [6.45, 7) is 0. The fourth-order valence-corrected chi connectivity index (χ4v) is 1.17. The van der Waals surface area contributed by atoms with Crippen LogP contribution < -0.4 is 0 Å². The summed E-state index contributed by atoms with van der Waals surface area (Å²) in [6.07, 6.45) is 3.32. The van der Waals surface area contributed by atoms with Gasteiger partial charge in [-0.15, -0.1) is 12.4 Å². The normalized spacial score (nSPS) is 20.6. The third-order valence-corrected chi connectivity index (χ3v) is 2.24. The molecule has 0 radical (unpaired) electrons. The lowest BCUT2D eigenvalue weighted by Crippen LogP contribution is -2.48. The molecule has 0 N–H and O–H groups in total. The van der Waals surface area contributed by atoms with E-state index in [1.54, 1.807) is 0 Å². The molecular weight excluding hydrogens is 148 g/mol. The summed E-state index contributed by atoms with van der Waals surface area (Å²) in [5.41, 5.74) is -0.0972. The maximum atomic E-state index is 8.72. The van der Waals surface area contributed by atoms with Gasteiger partial charge in [0.15, 0.2) is 0 Å². The number of hydrogen-bond donors (Lipinski definition) is 0. The second-order valence-corrected chi connectivity index (χ2v) is 2.89. The molecule has 1 fully saturated rings. The van der Waals surface area contributed by atoms with Crippen molar-refractivity contribution >= 4 is 12.4 Å². The summed E-state index contributed by atoms with van der Waals surface area (Å²) in [4.78, 5) is 2.02. The third kappa shape index (κ3) is 1.25. The highest BCUT2D eigenvalue weighted by Gasteiger charge is 2.38. The summed E-state index contributed by atoms with van der Waals surface area (Å²) in [7, 11) is 3.95. The molecule has 0 heterocycles. The molecule has 3 heteroatoms. The van der Waals surface area contributed by atoms with Gasteiger partial charge in [0.1, 0.15) is 5.54 Å². The van der Waals surface area contributed by atoms with Crippen molar-refractivity contribution in [3.63, 3.8) is 0 Å². The minimum atomic E-state index is -0.0972. The van der Waals surface area contributed by atoms with Gasteiger partial charge in [-0.3, -0.25) is 4.90 Å². The molecule has 10 heavy (non-hydrogen) atoms. The van der Waals surface area contributed by atoms with Gasteiger partial charge in [0, 0.05) is 0 Å². The Morgan fingerprint density at radius 1 is 1.40 bits per heavy atom. The summed E-state index contributed by atoms with van der Waals surface area (Å²) >= 11 is 0. The first kappa shape index (κ1) is 9.74. The minimum Gasteiger partial charge on any atom is -0.292 e. The fraction of sp³-hybridized carbons (Fsp3) is 0.857. The first-order valence-corrected chi connectivity index (χ1v) is 3.30. The molecule has 0 aromatic heterocycles. The molecule has 0 aromatic carbocycles. The van der Waals surface area contributed by atoms with Gasteiger partial charge in [-0.25, -0.2) is 0 Å². The van der Waals surface area contributed by atoms with E-state index in [0.29, 0.717) is 0 Å². The lowest BCUT2D eigenvalue weighted by molar-refractivity contribution is 0.119. The molecule has 1 saturated carbocycles. The molecule has 0 saturated heterocycles. The monoisotopic (exact) mass is 160 g/mol. The van der Waals surface area contributed by atoms with Crippen molar-refractivity contribution < 1.29 is 0 Å². The second kappa shape index (κ2) is 3.23. The maximum Gasteiger partial charge on any atom is 0.108 e. The molecule has 58 valence electrons. The van der Waals surface area contributed by atoms with Gasteiger partial charge in [0.25, 0.3) is 0 Å². The molecule has 1 rings (SSSR count). The molecule has 0 unspecified atom stereocenters. The summed E-state index contributed by atoms with van der Waals surface area (Å²) in [5, 5.41) is 8.72. The smallest absolute Gasteiger partial charge is 0.108 e. The Morgan fingerprint density at radius 3 is 1.90 bits per heavy atom. The summed E-state index contributed by atoms with van der Waals surface area (Å²) < 4.78 is 0. The second-order valence-electron chi connectivity index (χ2n) is 2.89. The average molecular weight is 161 g/mol. The Kier molecular flexibility index (Phi) is 3.14. The number of nitrogens with zero attached hydrogens (tertiary/aromatic N) is 2. The molecule has 0 spiro atoms. The molecule has 0 amide bonds. The van der Waals surface area contributed by atoms with Crippen molar-refractivity contribution in [3.8, 4) is 6.07 Å². The van der Waals surface area contributed by atoms with Crippen molar-refractivity contribution in [3.05, 3.63) is 0 Å². The van der Waals surface area contributed by atoms with Gasteiger partial charge in [-0.05, 0) is 33.4 Å². The Morgan fingerprint density at radius 2 is 1.90 bits per heavy atom. The highest BCUT2D eigenvalue weighted by molar-refractivity contribution is 5.85. The standard InChI is InChI=1S/C7H12N2.ClH/c1-9(2)7(6-8)4-3-5-7;/h3-5H2,1-2H3;1H. The van der Waals surface area contributed by atoms with E-state index in [-0.39, 0.29) is 17.9 Å². The molecule has 1 aliphatic rings. The average Bonchev–Trinajstić information content (AvgIpc) is 1.62. The minimum absolute atomic E-state index is 0. The molecular formula is C7H13ClN2. The van der Waals surface area contributed by atoms with Crippen LogP contribution >= 0.6 is 12.4 Å². The van der Waals surface area contributed by atoms with Crippen molar-refractivity contribution in [1.29, 1.82) is 5.26 Å². The van der Waals surface area contributed by atoms with Crippen LogP contribution in [-0.2, 0) is 0 Å². The number of rotatable bonds is 1. The number of halogens is 1. The quantitative estimate of drug-likeness (QED) is 0.580. The van der Waals surface area contributed by atoms with E-state index < -0.39 is 0 Å². The Labute approximate surface area is 68.2 Å². The lowest BCUT2D eigenvalue weighted by atomic mass is 9.77. The van der Waals surface area contributed by atoms with E-state index >= 15 is 0 Å². The summed E-state index contributed by atoms with van der Waals surface area (Å²) in [5.74, 6) is 0. The van der Waals surface area contributed by atoms with Gasteiger partial charge in [-0.2, -0.15) is 5.26 Å². The van der Waals surface area contributed by atoms with Crippen LogP contribution in [0.1, 0.15) is 19.3 Å². The van der Waals surface area contributed by atoms with Crippen molar-refractivity contribution in [1.82, 2.24) is 4.90 Å². The van der Waals surface area contributed by atoms with Crippen LogP contribution in [0.15, 0.2) is 0 Å². The van der Waals surface area contributed by atoms with Crippen LogP contribution in [0.25, 0.3) is 0 Å². The molecule has 0 aromatic rings. The van der Waals surface area contributed by atoms with Crippen LogP contribution in [0.3, 0.4) is 0 Å². The fourth-order valence-electron chi connectivity index (χ4n) is 1.17. The highest BCUT2D eigenvalue weighted by atomic mass is 35.5. The lowest BCUT2D eigenvalue weighted by Gasteiger charge is -2.40. The highest BCUT2D eigenvalue weighted by Crippen LogP contribution is 2.34. The van der Waals surface area contributed by atoms with E-state index in [1.165, 1.54) is 6.42 Å². The number of hydrogen-bond acceptors (Lipinski definition) is 2. The Balaban J connectivity index is 0.000000810. The zero-order valence-corrected chi connectivity index (χ0v) is 7.24. The van der Waals surface area contributed by atoms with E-state index in [9.17, 15) is 0 Å². The topological polar surface area (TPSA) is 27.0 Å². The SMILES string of the molecule is CN(C)C1(C#N)CCC1.Cl. The van der Waals surface area contributed by atoms with E-state index in [4.69, 9.17) is 5.26 Å². The van der Waals surface area contributed by atoms with Gasteiger partial charge >= 0.3 is 0 Å². The van der Waals surface area contributed by atoms with Crippen molar-refractivity contribution in [2.45, 2.75) is 24.8 Å². The van der Waals surface area contributed by atoms with Gasteiger partial charge in [0.2, 0.25) is 0 Å². The van der Waals surface area contributed by atoms with Gasteiger partial charge < -0.3 is 0 Å². The summed E-state index contributed by atoms with van der Waals surface area (Å²) in [6, 6.07) is 2.34. The molecule has 1 aliphatic carbocycles. The predicted molar refractivity (Wildman–Crippen MR) is 43.1 cm³/mol. The molecule has 2 nitrogen and oxygen atoms in total. The first-order chi connectivity index (χ1) is 4.21. The van der Waals surface area contributed by atoms with Crippen LogP contribution in [0.5, 0.6) is 0 Å². The predicted octanol–water partition coefficient (Wildman–Crippen LogP) is 1.42. The van der Waals surface area contributed by atoms with Crippen LogP contribution in [0.2, 0.25) is 0 Å². The van der Waals surface area contributed by atoms with Crippen LogP contribution in [0, 0.1) is 11.3 Å². The zero-order chi connectivity index (χ0) is 6.91. The Hall–Kier alpha value is -0.260. The first-order valence-electron chi connectivity index (χ1n) is 3.30. The largest absolute Gasteiger partial charge is 0.292 e. The van der Waals surface area contributed by atoms with Crippen molar-refractivity contribution in [2.24, 2.45) is 0 Å². The number of nitriles is 1. The van der Waals surface area contributed by atoms with E-state index in [2.05, 4.69) is 6.07 Å². The molecule has 0 atom stereocenters. The molecule has 0 aliphatic heterocycles. The maximum absolute atomic E-state index is 8.72. The zero-order valence-electron chi connectivity index (χ0n) is 6.42. The van der Waals surface area contributed by atoms with Crippen molar-refractivity contribution in [2.75, 3.05) is 14.1 Å². The van der Waals surface area contributed by atoms with Crippen LogP contribution in [0.4, 0.5) is 0 Å². The Bertz CT molecular complexity index is 144. The van der Waals surface area contributed by atoms with Crippen LogP contribution in [-0.4, -0.2) is 24.5 Å². The van der Waals surface area contributed by atoms with E-state index in [0.717, 1.165) is 12.8 Å². The van der Waals surface area contributed by atoms with Gasteiger partial charge in [-0.1, -0.05) is 0 Å². The van der Waals surface area contributed by atoms with E-state index in [1.807, 2.05) is 19.0 Å². The van der Waals surface area contributed by atoms with Gasteiger partial charge in [0.05, 0.1) is 6.07 Å². The third-order valence-electron chi connectivity index (χ3n) is 2.24.